The summed E-state index contributed by atoms with van der Waals surface area (Å²) in [6.45, 7) is -1.00. The van der Waals surface area contributed by atoms with Gasteiger partial charge >= 0.3 is 0 Å². The molecule has 0 aromatic carbocycles. The van der Waals surface area contributed by atoms with Crippen LogP contribution in [0.25, 0.3) is 0 Å². The second-order valence-electron chi connectivity index (χ2n) is 0.192. The minimum absolute atomic E-state index is 0. The SMILES string of the molecule is O.O.O.O.O=C[O-].O=C[O-].[Cu]. The zero-order valence-corrected chi connectivity index (χ0v) is 6.03. The fraction of sp³-hybridized carbons (Fsp3) is 0. The second kappa shape index (κ2) is 379. The van der Waals surface area contributed by atoms with Gasteiger partial charge in [0.15, 0.2) is 0 Å². The molecule has 0 saturated heterocycles. The first kappa shape index (κ1) is 81.8. The van der Waals surface area contributed by atoms with E-state index < -0.39 is 12.9 Å². The fourth-order valence-electron chi connectivity index (χ4n) is 0. The van der Waals surface area contributed by atoms with Crippen LogP contribution >= 0.6 is 0 Å². The van der Waals surface area contributed by atoms with E-state index in [1.165, 1.54) is 0 Å². The molecule has 0 bridgehead atoms. The molecule has 1 radical (unpaired) electrons. The number of rotatable bonds is 0. The Kier molecular flexibility index (Phi) is 2820. The quantitative estimate of drug-likeness (QED) is 0.291. The normalized spacial score (nSPS) is 2.18. The van der Waals surface area contributed by atoms with Crippen LogP contribution in [0.5, 0.6) is 0 Å². The van der Waals surface area contributed by atoms with Crippen molar-refractivity contribution in [3.05, 3.63) is 0 Å². The van der Waals surface area contributed by atoms with E-state index in [0.717, 1.165) is 0 Å². The third kappa shape index (κ3) is 1010. The Hall–Kier alpha value is -0.701. The fourth-order valence-corrected chi connectivity index (χ4v) is 0. The molecule has 11 heavy (non-hydrogen) atoms. The van der Waals surface area contributed by atoms with Crippen molar-refractivity contribution < 1.29 is 58.8 Å². The molecule has 0 saturated carbocycles. The Morgan fingerprint density at radius 1 is 0.727 bits per heavy atom. The molecule has 0 amide bonds. The number of hydrogen-bond donors (Lipinski definition) is 0. The molecule has 0 aliphatic heterocycles. The molecular weight excluding hydrogens is 216 g/mol. The topological polar surface area (TPSA) is 206 Å². The molecule has 0 atom stereocenters. The minimum atomic E-state index is -0.500. The number of carbonyl (C=O) groups is 2. The Balaban J connectivity index is -0.00000000400. The Labute approximate surface area is 72.5 Å². The first-order valence-corrected chi connectivity index (χ1v) is 0.943. The van der Waals surface area contributed by atoms with Crippen molar-refractivity contribution in [1.82, 2.24) is 0 Å². The molecule has 0 fully saturated rings. The molecule has 0 aromatic heterocycles. The first-order valence-electron chi connectivity index (χ1n) is 0.943. The second-order valence-corrected chi connectivity index (χ2v) is 0.192. The minimum Gasteiger partial charge on any atom is -0.554 e. The first-order chi connectivity index (χ1) is 2.83. The van der Waals surface area contributed by atoms with Crippen LogP contribution in [0, 0.1) is 0 Å². The van der Waals surface area contributed by atoms with Gasteiger partial charge in [-0.15, -0.1) is 0 Å². The molecule has 9 heteroatoms. The number of hydrogen-bond acceptors (Lipinski definition) is 4. The van der Waals surface area contributed by atoms with Gasteiger partial charge < -0.3 is 41.7 Å². The maximum absolute atomic E-state index is 8.25. The molecule has 0 spiro atoms. The molecule has 0 aromatic rings. The van der Waals surface area contributed by atoms with Crippen molar-refractivity contribution in [3.8, 4) is 0 Å². The van der Waals surface area contributed by atoms with E-state index in [1.807, 2.05) is 0 Å². The van der Waals surface area contributed by atoms with Crippen molar-refractivity contribution in [2.75, 3.05) is 0 Å². The summed E-state index contributed by atoms with van der Waals surface area (Å²) >= 11 is 0. The van der Waals surface area contributed by atoms with E-state index in [-0.39, 0.29) is 39.0 Å². The predicted octanol–water partition coefficient (Wildman–Crippen LogP) is -6.57. The Bertz CT molecular complexity index is 33.1. The summed E-state index contributed by atoms with van der Waals surface area (Å²) in [6.07, 6.45) is 0. The summed E-state index contributed by atoms with van der Waals surface area (Å²) in [6, 6.07) is 0. The summed E-state index contributed by atoms with van der Waals surface area (Å²) in [4.78, 5) is 16.5. The summed E-state index contributed by atoms with van der Waals surface area (Å²) in [5.74, 6) is 0. The van der Waals surface area contributed by atoms with Crippen LogP contribution in [0.3, 0.4) is 0 Å². The molecular formula is C2H10CuO8-2. The van der Waals surface area contributed by atoms with Crippen molar-refractivity contribution in [2.45, 2.75) is 0 Å². The molecule has 79 valence electrons. The molecule has 0 aliphatic rings. The average molecular weight is 226 g/mol. The molecule has 0 unspecified atom stereocenters. The van der Waals surface area contributed by atoms with Crippen molar-refractivity contribution >= 4 is 12.9 Å². The van der Waals surface area contributed by atoms with Gasteiger partial charge in [0.05, 0.1) is 0 Å². The van der Waals surface area contributed by atoms with Crippen LogP contribution in [-0.4, -0.2) is 34.8 Å². The van der Waals surface area contributed by atoms with Gasteiger partial charge in [-0.3, -0.25) is 0 Å². The summed E-state index contributed by atoms with van der Waals surface area (Å²) in [5.41, 5.74) is 0. The van der Waals surface area contributed by atoms with Gasteiger partial charge in [-0.05, 0) is 0 Å². The van der Waals surface area contributed by atoms with Gasteiger partial charge in [0, 0.05) is 30.0 Å². The standard InChI is InChI=1S/2CH2O2.Cu.4H2O/c2*2-1-3;;;;;/h2*1H,(H,2,3);;4*1H2/p-2. The predicted molar refractivity (Wildman–Crippen MR) is 26.6 cm³/mol. The number of carboxylic acid groups (broad SMARTS) is 2. The van der Waals surface area contributed by atoms with E-state index in [9.17, 15) is 0 Å². The van der Waals surface area contributed by atoms with Gasteiger partial charge in [0.1, 0.15) is 0 Å². The van der Waals surface area contributed by atoms with Crippen molar-refractivity contribution in [2.24, 2.45) is 0 Å². The molecule has 0 heterocycles. The maximum Gasteiger partial charge on any atom is 0.0275 e. The van der Waals surface area contributed by atoms with Gasteiger partial charge in [0.2, 0.25) is 0 Å². The zero-order chi connectivity index (χ0) is 5.41. The van der Waals surface area contributed by atoms with Crippen molar-refractivity contribution in [3.63, 3.8) is 0 Å². The molecule has 0 rings (SSSR count). The maximum atomic E-state index is 8.25. The van der Waals surface area contributed by atoms with E-state index >= 15 is 0 Å². The zero-order valence-electron chi connectivity index (χ0n) is 5.09. The molecule has 8 nitrogen and oxygen atoms in total. The third-order valence-corrected chi connectivity index (χ3v) is 0. The van der Waals surface area contributed by atoms with Crippen LogP contribution in [0.2, 0.25) is 0 Å². The Morgan fingerprint density at radius 2 is 0.727 bits per heavy atom. The van der Waals surface area contributed by atoms with E-state index in [1.54, 1.807) is 0 Å². The van der Waals surface area contributed by atoms with Gasteiger partial charge in [-0.1, -0.05) is 0 Å². The van der Waals surface area contributed by atoms with E-state index in [4.69, 9.17) is 19.8 Å². The summed E-state index contributed by atoms with van der Waals surface area (Å²) < 4.78 is 0. The smallest absolute Gasteiger partial charge is 0.0275 e. The van der Waals surface area contributed by atoms with Gasteiger partial charge in [-0.25, -0.2) is 0 Å². The van der Waals surface area contributed by atoms with E-state index in [2.05, 4.69) is 0 Å². The van der Waals surface area contributed by atoms with Crippen LogP contribution in [0.4, 0.5) is 0 Å². The van der Waals surface area contributed by atoms with Crippen LogP contribution in [0.1, 0.15) is 0 Å². The third-order valence-electron chi connectivity index (χ3n) is 0. The molecule has 8 N–H and O–H groups in total. The van der Waals surface area contributed by atoms with Gasteiger partial charge in [0.25, 0.3) is 0 Å². The van der Waals surface area contributed by atoms with Crippen LogP contribution in [-0.2, 0) is 26.7 Å². The van der Waals surface area contributed by atoms with Crippen molar-refractivity contribution in [1.29, 1.82) is 0 Å². The summed E-state index contributed by atoms with van der Waals surface area (Å²) in [5, 5.41) is 16.5. The number of carbonyl (C=O) groups excluding carboxylic acids is 2. The monoisotopic (exact) mass is 225 g/mol. The van der Waals surface area contributed by atoms with Crippen LogP contribution in [0.15, 0.2) is 0 Å². The summed E-state index contributed by atoms with van der Waals surface area (Å²) in [7, 11) is 0. The van der Waals surface area contributed by atoms with Gasteiger partial charge in [-0.2, -0.15) is 0 Å². The van der Waals surface area contributed by atoms with Crippen LogP contribution < -0.4 is 10.2 Å². The average Bonchev–Trinajstić information content (AvgIpc) is 1.39. The molecule has 0 aliphatic carbocycles. The largest absolute Gasteiger partial charge is 0.554 e. The Morgan fingerprint density at radius 3 is 0.727 bits per heavy atom. The van der Waals surface area contributed by atoms with E-state index in [0.29, 0.717) is 0 Å².